The van der Waals surface area contributed by atoms with Crippen LogP contribution in [0.25, 0.3) is 0 Å². The highest BCUT2D eigenvalue weighted by Gasteiger charge is 2.07. The van der Waals surface area contributed by atoms with Crippen LogP contribution >= 0.6 is 0 Å². The topological polar surface area (TPSA) is 109 Å². The fourth-order valence-electron chi connectivity index (χ4n) is 0.899. The van der Waals surface area contributed by atoms with Crippen LogP contribution in [0.1, 0.15) is 0 Å². The highest BCUT2D eigenvalue weighted by atomic mass is 16.6. The van der Waals surface area contributed by atoms with Crippen LogP contribution in [0.3, 0.4) is 0 Å². The molecular weight excluding hydrogens is 202 g/mol. The summed E-state index contributed by atoms with van der Waals surface area (Å²) in [5.41, 5.74) is 0.549. The number of pyridine rings is 1. The lowest BCUT2D eigenvalue weighted by Crippen LogP contribution is -2.22. The maximum Gasteiger partial charge on any atom is 0.363 e. The molecule has 1 aromatic rings. The van der Waals surface area contributed by atoms with Crippen LogP contribution in [0.5, 0.6) is 0 Å². The van der Waals surface area contributed by atoms with Crippen LogP contribution < -0.4 is 5.32 Å². The lowest BCUT2D eigenvalue weighted by atomic mass is 10.3. The van der Waals surface area contributed by atoms with Gasteiger partial charge in [-0.15, -0.1) is 0 Å². The average Bonchev–Trinajstić information content (AvgIpc) is 2.26. The third-order valence-electron chi connectivity index (χ3n) is 1.69. The second-order valence-corrected chi connectivity index (χ2v) is 2.88. The number of anilines is 1. The van der Waals surface area contributed by atoms with E-state index in [0.29, 0.717) is 5.69 Å². The van der Waals surface area contributed by atoms with Crippen molar-refractivity contribution in [1.82, 2.24) is 4.98 Å². The van der Waals surface area contributed by atoms with Gasteiger partial charge in [0.25, 0.3) is 0 Å². The smallest absolute Gasteiger partial charge is 0.363 e. The first-order chi connectivity index (χ1) is 7.13. The number of aliphatic hydroxyl groups is 2. The molecule has 0 aliphatic rings. The van der Waals surface area contributed by atoms with E-state index < -0.39 is 11.0 Å². The van der Waals surface area contributed by atoms with Crippen molar-refractivity contribution in [3.05, 3.63) is 28.4 Å². The van der Waals surface area contributed by atoms with Crippen LogP contribution in [0.15, 0.2) is 18.3 Å². The molecule has 82 valence electrons. The molecule has 0 fully saturated rings. The van der Waals surface area contributed by atoms with Crippen LogP contribution in [-0.2, 0) is 0 Å². The molecule has 0 bridgehead atoms. The van der Waals surface area contributed by atoms with Crippen molar-refractivity contribution in [3.8, 4) is 0 Å². The SMILES string of the molecule is O=[N+]([O-])c1ccc(NCC(O)CO)cn1. The van der Waals surface area contributed by atoms with Gasteiger partial charge in [0.15, 0.2) is 6.20 Å². The Morgan fingerprint density at radius 2 is 2.33 bits per heavy atom. The Morgan fingerprint density at radius 3 is 2.80 bits per heavy atom. The molecule has 7 heteroatoms. The van der Waals surface area contributed by atoms with Crippen molar-refractivity contribution in [2.24, 2.45) is 0 Å². The lowest BCUT2D eigenvalue weighted by Gasteiger charge is -2.08. The van der Waals surface area contributed by atoms with Gasteiger partial charge in [0.05, 0.1) is 18.4 Å². The van der Waals surface area contributed by atoms with E-state index in [0.717, 1.165) is 0 Å². The number of hydrogen-bond donors (Lipinski definition) is 3. The number of nitrogens with one attached hydrogen (secondary N) is 1. The molecule has 0 spiro atoms. The van der Waals surface area contributed by atoms with Crippen LogP contribution in [0.4, 0.5) is 11.5 Å². The Labute approximate surface area is 85.5 Å². The molecule has 0 amide bonds. The third kappa shape index (κ3) is 3.49. The number of aromatic nitrogens is 1. The molecule has 0 aliphatic heterocycles. The predicted molar refractivity (Wildman–Crippen MR) is 52.5 cm³/mol. The Balaban J connectivity index is 2.53. The van der Waals surface area contributed by atoms with Crippen LogP contribution in [0.2, 0.25) is 0 Å². The maximum atomic E-state index is 10.3. The van der Waals surface area contributed by atoms with E-state index in [4.69, 9.17) is 10.2 Å². The summed E-state index contributed by atoms with van der Waals surface area (Å²) in [6, 6.07) is 2.74. The number of nitrogens with zero attached hydrogens (tertiary/aromatic N) is 2. The zero-order valence-corrected chi connectivity index (χ0v) is 7.83. The summed E-state index contributed by atoms with van der Waals surface area (Å²) in [6.45, 7) is -0.177. The first kappa shape index (κ1) is 11.3. The first-order valence-electron chi connectivity index (χ1n) is 4.26. The Hall–Kier alpha value is -1.73. The zero-order valence-electron chi connectivity index (χ0n) is 7.83. The molecule has 3 N–H and O–H groups in total. The van der Waals surface area contributed by atoms with Gasteiger partial charge in [-0.05, 0) is 16.0 Å². The van der Waals surface area contributed by atoms with Gasteiger partial charge in [-0.2, -0.15) is 0 Å². The first-order valence-corrected chi connectivity index (χ1v) is 4.26. The normalized spacial score (nSPS) is 12.1. The van der Waals surface area contributed by atoms with E-state index in [1.54, 1.807) is 0 Å². The maximum absolute atomic E-state index is 10.3. The molecule has 1 aromatic heterocycles. The quantitative estimate of drug-likeness (QED) is 0.460. The number of rotatable bonds is 5. The molecule has 0 radical (unpaired) electrons. The van der Waals surface area contributed by atoms with Gasteiger partial charge >= 0.3 is 5.82 Å². The lowest BCUT2D eigenvalue weighted by molar-refractivity contribution is -0.389. The minimum atomic E-state index is -0.861. The van der Waals surface area contributed by atoms with E-state index in [1.807, 2.05) is 0 Å². The van der Waals surface area contributed by atoms with Gasteiger partial charge < -0.3 is 25.6 Å². The standard InChI is InChI=1S/C8H11N3O4/c12-5-7(13)4-9-6-1-2-8(10-3-6)11(14)15/h1-3,7,9,12-13H,4-5H2. The second kappa shape index (κ2) is 5.23. The van der Waals surface area contributed by atoms with Crippen LogP contribution in [-0.4, -0.2) is 39.4 Å². The van der Waals surface area contributed by atoms with Crippen molar-refractivity contribution in [2.45, 2.75) is 6.10 Å². The van der Waals surface area contributed by atoms with Gasteiger partial charge in [-0.1, -0.05) is 0 Å². The van der Waals surface area contributed by atoms with Crippen molar-refractivity contribution in [2.75, 3.05) is 18.5 Å². The zero-order chi connectivity index (χ0) is 11.3. The van der Waals surface area contributed by atoms with E-state index in [1.165, 1.54) is 18.3 Å². The average molecular weight is 213 g/mol. The molecule has 1 rings (SSSR count). The third-order valence-corrected chi connectivity index (χ3v) is 1.69. The molecule has 1 atom stereocenters. The van der Waals surface area contributed by atoms with Crippen molar-refractivity contribution in [1.29, 1.82) is 0 Å². The molecule has 1 heterocycles. The highest BCUT2D eigenvalue weighted by Crippen LogP contribution is 2.10. The summed E-state index contributed by atoms with van der Waals surface area (Å²) < 4.78 is 0. The highest BCUT2D eigenvalue weighted by molar-refractivity contribution is 5.43. The van der Waals surface area contributed by atoms with E-state index >= 15 is 0 Å². The Bertz CT molecular complexity index is 327. The number of nitro groups is 1. The van der Waals surface area contributed by atoms with Gasteiger partial charge in [-0.25, -0.2) is 0 Å². The van der Waals surface area contributed by atoms with E-state index in [9.17, 15) is 10.1 Å². The Kier molecular flexibility index (Phi) is 3.95. The number of hydrogen-bond acceptors (Lipinski definition) is 6. The van der Waals surface area contributed by atoms with E-state index in [2.05, 4.69) is 10.3 Å². The van der Waals surface area contributed by atoms with Crippen molar-refractivity contribution >= 4 is 11.5 Å². The minimum absolute atomic E-state index is 0.163. The van der Waals surface area contributed by atoms with E-state index in [-0.39, 0.29) is 19.0 Å². The van der Waals surface area contributed by atoms with Gasteiger partial charge in [0.2, 0.25) is 0 Å². The van der Waals surface area contributed by atoms with Gasteiger partial charge in [0.1, 0.15) is 0 Å². The summed E-state index contributed by atoms with van der Waals surface area (Å²) in [6.07, 6.45) is 0.433. The second-order valence-electron chi connectivity index (χ2n) is 2.88. The number of aliphatic hydroxyl groups excluding tert-OH is 2. The Morgan fingerprint density at radius 1 is 1.60 bits per heavy atom. The molecule has 0 aliphatic carbocycles. The molecular formula is C8H11N3O4. The fourth-order valence-corrected chi connectivity index (χ4v) is 0.899. The largest absolute Gasteiger partial charge is 0.394 e. The fraction of sp³-hybridized carbons (Fsp3) is 0.375. The van der Waals surface area contributed by atoms with Crippen LogP contribution in [0, 0.1) is 10.1 Å². The summed E-state index contributed by atoms with van der Waals surface area (Å²) in [4.78, 5) is 13.3. The summed E-state index contributed by atoms with van der Waals surface area (Å²) in [5, 5.41) is 30.6. The van der Waals surface area contributed by atoms with Gasteiger partial charge in [-0.3, -0.25) is 0 Å². The monoisotopic (exact) mass is 213 g/mol. The molecule has 0 saturated carbocycles. The van der Waals surface area contributed by atoms with Gasteiger partial charge in [0, 0.05) is 12.6 Å². The summed E-state index contributed by atoms with van der Waals surface area (Å²) in [7, 11) is 0. The predicted octanol–water partition coefficient (Wildman–Crippen LogP) is -0.245. The minimum Gasteiger partial charge on any atom is -0.394 e. The van der Waals surface area contributed by atoms with Crippen molar-refractivity contribution < 1.29 is 15.1 Å². The summed E-state index contributed by atoms with van der Waals surface area (Å²) >= 11 is 0. The summed E-state index contributed by atoms with van der Waals surface area (Å²) in [5.74, 6) is -0.233. The molecule has 0 aromatic carbocycles. The molecule has 1 unspecified atom stereocenters. The molecule has 7 nitrogen and oxygen atoms in total. The molecule has 0 saturated heterocycles. The van der Waals surface area contributed by atoms with Crippen molar-refractivity contribution in [3.63, 3.8) is 0 Å². The molecule has 15 heavy (non-hydrogen) atoms.